The smallest absolute Gasteiger partial charge is 0.200 e. The summed E-state index contributed by atoms with van der Waals surface area (Å²) in [5, 5.41) is 68.2. The number of rotatable bonds is 1. The minimum atomic E-state index is -1.53. The van der Waals surface area contributed by atoms with Crippen molar-refractivity contribution in [2.75, 3.05) is 0 Å². The van der Waals surface area contributed by atoms with Crippen LogP contribution in [0.25, 0.3) is 0 Å². The summed E-state index contributed by atoms with van der Waals surface area (Å²) in [6.07, 6.45) is -4.26. The average molecular weight is 322 g/mol. The van der Waals surface area contributed by atoms with E-state index in [4.69, 9.17) is 4.74 Å². The molecule has 0 radical (unpaired) electrons. The first-order valence-corrected chi connectivity index (χ1v) is 6.63. The van der Waals surface area contributed by atoms with Crippen molar-refractivity contribution < 1.29 is 40.5 Å². The number of aliphatic hydroxyl groups excluding tert-OH is 2. The topological polar surface area (TPSA) is 151 Å². The number of fused-ring (bicyclic) bond motifs is 1. The predicted molar refractivity (Wildman–Crippen MR) is 75.5 cm³/mol. The quantitative estimate of drug-likeness (QED) is 0.380. The number of phenols is 5. The van der Waals surface area contributed by atoms with Crippen molar-refractivity contribution in [1.29, 1.82) is 0 Å². The van der Waals surface area contributed by atoms with Gasteiger partial charge in [0.2, 0.25) is 0 Å². The second kappa shape index (κ2) is 5.11. The monoisotopic (exact) mass is 322 g/mol. The van der Waals surface area contributed by atoms with Gasteiger partial charge in [0.05, 0.1) is 5.56 Å². The normalized spacial score (nSPS) is 23.1. The Kier molecular flexibility index (Phi) is 3.35. The minimum Gasteiger partial charge on any atom is -0.508 e. The van der Waals surface area contributed by atoms with Crippen molar-refractivity contribution in [3.05, 3.63) is 35.4 Å². The Morgan fingerprint density at radius 3 is 2.00 bits per heavy atom. The van der Waals surface area contributed by atoms with Crippen LogP contribution in [0.1, 0.15) is 23.3 Å². The van der Waals surface area contributed by atoms with E-state index in [2.05, 4.69) is 0 Å². The second-order valence-electron chi connectivity index (χ2n) is 5.26. The molecule has 1 heterocycles. The van der Waals surface area contributed by atoms with Crippen LogP contribution in [-0.4, -0.2) is 41.8 Å². The maximum absolute atomic E-state index is 10.2. The number of hydrogen-bond acceptors (Lipinski definition) is 8. The standard InChI is InChI=1S/C15H14O8/c16-6-3-7(17)11-10(4-6)23-15(14(22)13(11)21)5-1-8(18)12(20)9(19)2-5/h1-4,13-22H/t13?,14-,15+/m0/s1. The molecule has 0 saturated heterocycles. The maximum Gasteiger partial charge on any atom is 0.200 e. The lowest BCUT2D eigenvalue weighted by molar-refractivity contribution is -0.0711. The molecule has 0 aliphatic carbocycles. The first-order chi connectivity index (χ1) is 10.8. The molecule has 1 unspecified atom stereocenters. The SMILES string of the molecule is Oc1cc(O)c2c(c1)O[C@H](c1cc(O)c(O)c(O)c1)[C@@H](O)C2O. The van der Waals surface area contributed by atoms with E-state index >= 15 is 0 Å². The van der Waals surface area contributed by atoms with Gasteiger partial charge in [0.15, 0.2) is 23.4 Å². The molecule has 122 valence electrons. The number of ether oxygens (including phenoxy) is 1. The van der Waals surface area contributed by atoms with Gasteiger partial charge in [-0.1, -0.05) is 0 Å². The van der Waals surface area contributed by atoms with E-state index in [1.165, 1.54) is 0 Å². The summed E-state index contributed by atoms with van der Waals surface area (Å²) in [4.78, 5) is 0. The first-order valence-electron chi connectivity index (χ1n) is 6.63. The van der Waals surface area contributed by atoms with Crippen molar-refractivity contribution >= 4 is 0 Å². The molecule has 0 bridgehead atoms. The van der Waals surface area contributed by atoms with Gasteiger partial charge >= 0.3 is 0 Å². The van der Waals surface area contributed by atoms with E-state index in [1.807, 2.05) is 0 Å². The fourth-order valence-corrected chi connectivity index (χ4v) is 2.59. The Balaban J connectivity index is 2.09. The number of aliphatic hydroxyl groups is 2. The predicted octanol–water partition coefficient (Wildman–Crippen LogP) is 0.743. The van der Waals surface area contributed by atoms with Crippen LogP contribution in [-0.2, 0) is 0 Å². The fraction of sp³-hybridized carbons (Fsp3) is 0.200. The van der Waals surface area contributed by atoms with Gasteiger partial charge in [0.1, 0.15) is 29.5 Å². The highest BCUT2D eigenvalue weighted by Crippen LogP contribution is 2.48. The van der Waals surface area contributed by atoms with Crippen LogP contribution in [0.4, 0.5) is 0 Å². The molecule has 3 atom stereocenters. The zero-order valence-corrected chi connectivity index (χ0v) is 11.6. The highest BCUT2D eigenvalue weighted by atomic mass is 16.5. The van der Waals surface area contributed by atoms with Gasteiger partial charge in [-0.25, -0.2) is 0 Å². The molecule has 1 aliphatic rings. The van der Waals surface area contributed by atoms with E-state index in [9.17, 15) is 35.7 Å². The lowest BCUT2D eigenvalue weighted by Crippen LogP contribution is -2.34. The zero-order chi connectivity index (χ0) is 16.9. The molecule has 2 aromatic carbocycles. The van der Waals surface area contributed by atoms with Gasteiger partial charge in [0.25, 0.3) is 0 Å². The Bertz CT molecular complexity index is 749. The molecule has 8 nitrogen and oxygen atoms in total. The minimum absolute atomic E-state index is 0.0580. The summed E-state index contributed by atoms with van der Waals surface area (Å²) >= 11 is 0. The van der Waals surface area contributed by atoms with Crippen LogP contribution in [0.2, 0.25) is 0 Å². The van der Waals surface area contributed by atoms with Crippen molar-refractivity contribution in [3.63, 3.8) is 0 Å². The summed E-state index contributed by atoms with van der Waals surface area (Å²) in [7, 11) is 0. The Morgan fingerprint density at radius 1 is 0.783 bits per heavy atom. The molecule has 8 heteroatoms. The van der Waals surface area contributed by atoms with Crippen molar-refractivity contribution in [3.8, 4) is 34.5 Å². The number of hydrogen-bond donors (Lipinski definition) is 7. The van der Waals surface area contributed by atoms with Gasteiger partial charge in [-0.15, -0.1) is 0 Å². The van der Waals surface area contributed by atoms with Gasteiger partial charge in [0, 0.05) is 17.7 Å². The molecule has 1 aliphatic heterocycles. The molecule has 0 fully saturated rings. The van der Waals surface area contributed by atoms with Crippen LogP contribution in [0.5, 0.6) is 34.5 Å². The summed E-state index contributed by atoms with van der Waals surface area (Å²) in [5.41, 5.74) is -0.00314. The third kappa shape index (κ3) is 2.33. The lowest BCUT2D eigenvalue weighted by atomic mass is 9.91. The van der Waals surface area contributed by atoms with Crippen molar-refractivity contribution in [2.24, 2.45) is 0 Å². The van der Waals surface area contributed by atoms with Crippen LogP contribution in [0.15, 0.2) is 24.3 Å². The molecule has 2 aromatic rings. The Morgan fingerprint density at radius 2 is 1.39 bits per heavy atom. The highest BCUT2D eigenvalue weighted by molar-refractivity contribution is 5.55. The average Bonchev–Trinajstić information content (AvgIpc) is 2.47. The van der Waals surface area contributed by atoms with Gasteiger partial charge in [-0.3, -0.25) is 0 Å². The largest absolute Gasteiger partial charge is 0.508 e. The second-order valence-corrected chi connectivity index (χ2v) is 5.26. The Hall–Kier alpha value is -2.84. The molecule has 0 saturated carbocycles. The third-order valence-corrected chi connectivity index (χ3v) is 3.71. The van der Waals surface area contributed by atoms with Gasteiger partial charge in [-0.2, -0.15) is 0 Å². The molecule has 0 spiro atoms. The van der Waals surface area contributed by atoms with Gasteiger partial charge < -0.3 is 40.5 Å². The fourth-order valence-electron chi connectivity index (χ4n) is 2.59. The number of phenolic OH excluding ortho intramolecular Hbond substituents is 5. The Labute approximate surface area is 129 Å². The summed E-state index contributed by atoms with van der Waals surface area (Å²) in [6, 6.07) is 4.26. The first kappa shape index (κ1) is 15.1. The number of aromatic hydroxyl groups is 5. The summed E-state index contributed by atoms with van der Waals surface area (Å²) < 4.78 is 5.48. The lowest BCUT2D eigenvalue weighted by Gasteiger charge is -2.34. The maximum atomic E-state index is 10.2. The molecular weight excluding hydrogens is 308 g/mol. The molecule has 0 amide bonds. The van der Waals surface area contributed by atoms with Crippen LogP contribution in [0, 0.1) is 0 Å². The number of benzene rings is 2. The van der Waals surface area contributed by atoms with Crippen LogP contribution < -0.4 is 4.74 Å². The van der Waals surface area contributed by atoms with E-state index < -0.39 is 41.3 Å². The van der Waals surface area contributed by atoms with E-state index in [0.717, 1.165) is 24.3 Å². The van der Waals surface area contributed by atoms with Crippen molar-refractivity contribution in [1.82, 2.24) is 0 Å². The van der Waals surface area contributed by atoms with Crippen LogP contribution in [0.3, 0.4) is 0 Å². The van der Waals surface area contributed by atoms with Crippen molar-refractivity contribution in [2.45, 2.75) is 18.3 Å². The van der Waals surface area contributed by atoms with E-state index in [1.54, 1.807) is 0 Å². The molecule has 3 rings (SSSR count). The van der Waals surface area contributed by atoms with Gasteiger partial charge in [-0.05, 0) is 12.1 Å². The van der Waals surface area contributed by atoms with E-state index in [-0.39, 0.29) is 22.6 Å². The molecular formula is C15H14O8. The summed E-state index contributed by atoms with van der Waals surface area (Å²) in [5.74, 6) is -2.79. The molecule has 0 aromatic heterocycles. The van der Waals surface area contributed by atoms with E-state index in [0.29, 0.717) is 0 Å². The summed E-state index contributed by atoms with van der Waals surface area (Å²) in [6.45, 7) is 0. The molecule has 23 heavy (non-hydrogen) atoms. The highest BCUT2D eigenvalue weighted by Gasteiger charge is 2.39. The third-order valence-electron chi connectivity index (χ3n) is 3.71. The molecule has 7 N–H and O–H groups in total. The van der Waals surface area contributed by atoms with Crippen LogP contribution >= 0.6 is 0 Å². The zero-order valence-electron chi connectivity index (χ0n) is 11.6.